The Kier molecular flexibility index (Phi) is 2.52. The first kappa shape index (κ1) is 9.62. The Labute approximate surface area is 87.4 Å². The van der Waals surface area contributed by atoms with Crippen LogP contribution < -0.4 is 0 Å². The highest BCUT2D eigenvalue weighted by Gasteiger charge is 2.11. The fraction of sp³-hybridized carbons (Fsp3) is 0.364. The molecule has 0 aliphatic heterocycles. The molecule has 1 unspecified atom stereocenters. The van der Waals surface area contributed by atoms with Gasteiger partial charge in [0.05, 0.1) is 10.4 Å². The second-order valence-electron chi connectivity index (χ2n) is 3.57. The molecule has 1 N–H and O–H groups in total. The van der Waals surface area contributed by atoms with Gasteiger partial charge in [-0.25, -0.2) is 0 Å². The van der Waals surface area contributed by atoms with E-state index >= 15 is 0 Å². The third-order valence-corrected chi connectivity index (χ3v) is 3.41. The van der Waals surface area contributed by atoms with Gasteiger partial charge >= 0.3 is 0 Å². The van der Waals surface area contributed by atoms with Gasteiger partial charge in [-0.15, -0.1) is 0 Å². The molecule has 0 aliphatic rings. The van der Waals surface area contributed by atoms with Gasteiger partial charge in [0, 0.05) is 17.9 Å². The van der Waals surface area contributed by atoms with Crippen LogP contribution >= 0.6 is 11.5 Å². The van der Waals surface area contributed by atoms with Gasteiger partial charge in [-0.3, -0.25) is 0 Å². The van der Waals surface area contributed by atoms with Crippen molar-refractivity contribution in [2.24, 2.45) is 0 Å². The van der Waals surface area contributed by atoms with E-state index in [2.05, 4.69) is 16.5 Å². The molecule has 2 aromatic rings. The second kappa shape index (κ2) is 3.67. The van der Waals surface area contributed by atoms with E-state index in [-0.39, 0.29) is 12.5 Å². The third kappa shape index (κ3) is 1.42. The molecule has 1 aromatic carbocycles. The standard InChI is InChI=1S/C11H13NOS/c1-7(6-13)9-4-3-5-10-11(9)8(2)12-14-10/h3-5,7,13H,6H2,1-2H3. The van der Waals surface area contributed by atoms with E-state index < -0.39 is 0 Å². The summed E-state index contributed by atoms with van der Waals surface area (Å²) >= 11 is 1.52. The van der Waals surface area contributed by atoms with Gasteiger partial charge in [0.15, 0.2) is 0 Å². The van der Waals surface area contributed by atoms with E-state index in [1.807, 2.05) is 19.9 Å². The predicted molar refractivity (Wildman–Crippen MR) is 59.9 cm³/mol. The molecule has 2 rings (SSSR count). The number of aliphatic hydroxyl groups is 1. The summed E-state index contributed by atoms with van der Waals surface area (Å²) in [6.07, 6.45) is 0. The number of fused-ring (bicyclic) bond motifs is 1. The summed E-state index contributed by atoms with van der Waals surface area (Å²) in [5.74, 6) is 0.189. The summed E-state index contributed by atoms with van der Waals surface area (Å²) in [4.78, 5) is 0. The van der Waals surface area contributed by atoms with Gasteiger partial charge in [-0.05, 0) is 30.1 Å². The Morgan fingerprint density at radius 1 is 1.50 bits per heavy atom. The summed E-state index contributed by atoms with van der Waals surface area (Å²) in [7, 11) is 0. The Morgan fingerprint density at radius 2 is 2.29 bits per heavy atom. The molecule has 0 radical (unpaired) electrons. The molecular weight excluding hydrogens is 194 g/mol. The number of hydrogen-bond donors (Lipinski definition) is 1. The minimum atomic E-state index is 0.189. The molecule has 0 spiro atoms. The zero-order valence-corrected chi connectivity index (χ0v) is 9.14. The van der Waals surface area contributed by atoms with Crippen molar-refractivity contribution in [2.75, 3.05) is 6.61 Å². The summed E-state index contributed by atoms with van der Waals surface area (Å²) in [5, 5.41) is 10.4. The van der Waals surface area contributed by atoms with Gasteiger partial charge in [0.2, 0.25) is 0 Å². The maximum absolute atomic E-state index is 9.16. The quantitative estimate of drug-likeness (QED) is 0.821. The first-order chi connectivity index (χ1) is 6.74. The SMILES string of the molecule is Cc1nsc2cccc(C(C)CO)c12. The van der Waals surface area contributed by atoms with Crippen molar-refractivity contribution < 1.29 is 5.11 Å². The summed E-state index contributed by atoms with van der Waals surface area (Å²) < 4.78 is 5.54. The minimum Gasteiger partial charge on any atom is -0.396 e. The Morgan fingerprint density at radius 3 is 3.00 bits per heavy atom. The van der Waals surface area contributed by atoms with Crippen molar-refractivity contribution in [2.45, 2.75) is 19.8 Å². The lowest BCUT2D eigenvalue weighted by Gasteiger charge is -2.09. The van der Waals surface area contributed by atoms with Gasteiger partial charge in [0.25, 0.3) is 0 Å². The maximum atomic E-state index is 9.16. The van der Waals surface area contributed by atoms with E-state index in [1.165, 1.54) is 27.2 Å². The number of hydrogen-bond acceptors (Lipinski definition) is 3. The van der Waals surface area contributed by atoms with Crippen molar-refractivity contribution in [1.29, 1.82) is 0 Å². The Bertz CT molecular complexity index is 449. The average molecular weight is 207 g/mol. The molecule has 0 aliphatic carbocycles. The Balaban J connectivity index is 2.69. The van der Waals surface area contributed by atoms with Crippen LogP contribution in [0.1, 0.15) is 24.1 Å². The molecule has 1 atom stereocenters. The molecule has 1 aromatic heterocycles. The summed E-state index contributed by atoms with van der Waals surface area (Å²) in [6, 6.07) is 6.18. The van der Waals surface area contributed by atoms with Crippen molar-refractivity contribution in [3.8, 4) is 0 Å². The molecule has 74 valence electrons. The van der Waals surface area contributed by atoms with E-state index in [0.29, 0.717) is 0 Å². The van der Waals surface area contributed by atoms with Crippen molar-refractivity contribution in [1.82, 2.24) is 4.37 Å². The average Bonchev–Trinajstić information content (AvgIpc) is 2.59. The second-order valence-corrected chi connectivity index (χ2v) is 4.38. The molecule has 0 saturated heterocycles. The topological polar surface area (TPSA) is 33.1 Å². The molecule has 1 heterocycles. The number of aryl methyl sites for hydroxylation is 1. The lowest BCUT2D eigenvalue weighted by molar-refractivity contribution is 0.273. The highest BCUT2D eigenvalue weighted by Crippen LogP contribution is 2.30. The van der Waals surface area contributed by atoms with E-state index in [9.17, 15) is 0 Å². The summed E-state index contributed by atoms with van der Waals surface area (Å²) in [6.45, 7) is 4.24. The Hall–Kier alpha value is -0.930. The minimum absolute atomic E-state index is 0.189. The van der Waals surface area contributed by atoms with Crippen LogP contribution in [0.5, 0.6) is 0 Å². The lowest BCUT2D eigenvalue weighted by atomic mass is 9.97. The van der Waals surface area contributed by atoms with Crippen LogP contribution in [0.3, 0.4) is 0 Å². The largest absolute Gasteiger partial charge is 0.396 e. The first-order valence-corrected chi connectivity index (χ1v) is 5.47. The normalized spacial score (nSPS) is 13.4. The van der Waals surface area contributed by atoms with Crippen LogP contribution in [-0.2, 0) is 0 Å². The monoisotopic (exact) mass is 207 g/mol. The smallest absolute Gasteiger partial charge is 0.0592 e. The number of aromatic nitrogens is 1. The van der Waals surface area contributed by atoms with Gasteiger partial charge < -0.3 is 5.11 Å². The van der Waals surface area contributed by atoms with Crippen LogP contribution in [0.25, 0.3) is 10.1 Å². The van der Waals surface area contributed by atoms with Crippen LogP contribution in [0.15, 0.2) is 18.2 Å². The molecule has 0 saturated carbocycles. The molecule has 2 nitrogen and oxygen atoms in total. The number of benzene rings is 1. The van der Waals surface area contributed by atoms with Crippen LogP contribution in [0.4, 0.5) is 0 Å². The van der Waals surface area contributed by atoms with Crippen LogP contribution in [0.2, 0.25) is 0 Å². The number of nitrogens with zero attached hydrogens (tertiary/aromatic N) is 1. The fourth-order valence-electron chi connectivity index (χ4n) is 1.68. The zero-order chi connectivity index (χ0) is 10.1. The van der Waals surface area contributed by atoms with Gasteiger partial charge in [-0.2, -0.15) is 4.37 Å². The van der Waals surface area contributed by atoms with E-state index in [4.69, 9.17) is 5.11 Å². The first-order valence-electron chi connectivity index (χ1n) is 4.69. The van der Waals surface area contributed by atoms with E-state index in [1.54, 1.807) is 0 Å². The molecule has 0 bridgehead atoms. The summed E-state index contributed by atoms with van der Waals surface area (Å²) in [5.41, 5.74) is 2.28. The highest BCUT2D eigenvalue weighted by atomic mass is 32.1. The third-order valence-electron chi connectivity index (χ3n) is 2.51. The molecule has 0 amide bonds. The van der Waals surface area contributed by atoms with Gasteiger partial charge in [-0.1, -0.05) is 19.1 Å². The molecular formula is C11H13NOS. The number of aliphatic hydroxyl groups excluding tert-OH is 1. The van der Waals surface area contributed by atoms with Crippen LogP contribution in [0, 0.1) is 6.92 Å². The van der Waals surface area contributed by atoms with Crippen LogP contribution in [-0.4, -0.2) is 16.1 Å². The lowest BCUT2D eigenvalue weighted by Crippen LogP contribution is -1.99. The van der Waals surface area contributed by atoms with E-state index in [0.717, 1.165) is 5.69 Å². The molecule has 14 heavy (non-hydrogen) atoms. The molecule has 0 fully saturated rings. The fourth-order valence-corrected chi connectivity index (χ4v) is 2.51. The van der Waals surface area contributed by atoms with Crippen molar-refractivity contribution in [3.63, 3.8) is 0 Å². The highest BCUT2D eigenvalue weighted by molar-refractivity contribution is 7.13. The van der Waals surface area contributed by atoms with Crippen molar-refractivity contribution in [3.05, 3.63) is 29.5 Å². The van der Waals surface area contributed by atoms with Crippen molar-refractivity contribution >= 4 is 21.6 Å². The zero-order valence-electron chi connectivity index (χ0n) is 8.32. The maximum Gasteiger partial charge on any atom is 0.0592 e. The number of rotatable bonds is 2. The van der Waals surface area contributed by atoms with Gasteiger partial charge in [0.1, 0.15) is 0 Å². The predicted octanol–water partition coefficient (Wildman–Crippen LogP) is 2.70. The molecule has 3 heteroatoms.